The van der Waals surface area contributed by atoms with Gasteiger partial charge in [-0.1, -0.05) is 0 Å². The Morgan fingerprint density at radius 2 is 1.93 bits per heavy atom. The second kappa shape index (κ2) is 6.00. The van der Waals surface area contributed by atoms with Gasteiger partial charge in [-0.15, -0.1) is 0 Å². The van der Waals surface area contributed by atoms with Crippen molar-refractivity contribution in [3.8, 4) is 23.0 Å². The molecule has 4 aromatic rings. The highest BCUT2D eigenvalue weighted by molar-refractivity contribution is 6.15. The van der Waals surface area contributed by atoms with Crippen LogP contribution in [0.2, 0.25) is 0 Å². The second-order valence-electron chi connectivity index (χ2n) is 6.56. The zero-order chi connectivity index (χ0) is 19.4. The lowest BCUT2D eigenvalue weighted by Crippen LogP contribution is -2.25. The Labute approximate surface area is 158 Å². The summed E-state index contributed by atoms with van der Waals surface area (Å²) in [6, 6.07) is 6.72. The lowest BCUT2D eigenvalue weighted by atomic mass is 10.0. The van der Waals surface area contributed by atoms with Crippen molar-refractivity contribution in [3.63, 3.8) is 0 Å². The Bertz CT molecular complexity index is 1330. The predicted octanol–water partition coefficient (Wildman–Crippen LogP) is 2.10. The molecule has 1 aliphatic rings. The topological polar surface area (TPSA) is 109 Å². The predicted molar refractivity (Wildman–Crippen MR) is 104 cm³/mol. The summed E-state index contributed by atoms with van der Waals surface area (Å²) in [5.41, 5.74) is 6.94. The summed E-state index contributed by atoms with van der Waals surface area (Å²) >= 11 is 0. The lowest BCUT2D eigenvalue weighted by Gasteiger charge is -2.15. The maximum Gasteiger partial charge on any atom is 0.259 e. The van der Waals surface area contributed by atoms with E-state index in [2.05, 4.69) is 4.98 Å². The number of nitrogens with two attached hydrogens (primary N) is 1. The van der Waals surface area contributed by atoms with Crippen LogP contribution >= 0.6 is 0 Å². The fraction of sp³-hybridized carbons (Fsp3) is 0.200. The number of phenolic OH excluding ortho intramolecular Hbond substituents is 1. The molecule has 142 valence electrons. The zero-order valence-corrected chi connectivity index (χ0v) is 15.1. The Kier molecular flexibility index (Phi) is 3.56. The number of benzene rings is 2. The van der Waals surface area contributed by atoms with Crippen LogP contribution in [0.3, 0.4) is 0 Å². The highest BCUT2D eigenvalue weighted by atomic mass is 16.7. The molecule has 8 nitrogen and oxygen atoms in total. The normalized spacial score (nSPS) is 12.9. The Hall–Kier alpha value is -3.52. The molecule has 0 radical (unpaired) electrons. The summed E-state index contributed by atoms with van der Waals surface area (Å²) in [5.74, 6) is 1.43. The molecular weight excluding hydrogens is 362 g/mol. The van der Waals surface area contributed by atoms with Crippen molar-refractivity contribution in [1.29, 1.82) is 0 Å². The molecule has 3 heterocycles. The SMILES string of the molecule is COc1cc2c(cc1O)c(=O)n(CCN)c1c3cc4c(cc3ncc21)OCO4. The Morgan fingerprint density at radius 3 is 2.68 bits per heavy atom. The monoisotopic (exact) mass is 379 g/mol. The summed E-state index contributed by atoms with van der Waals surface area (Å²) in [6.07, 6.45) is 1.71. The van der Waals surface area contributed by atoms with Crippen LogP contribution < -0.4 is 25.5 Å². The molecule has 0 bridgehead atoms. The van der Waals surface area contributed by atoms with Crippen LogP contribution in [0.25, 0.3) is 32.6 Å². The summed E-state index contributed by atoms with van der Waals surface area (Å²) < 4.78 is 17.8. The van der Waals surface area contributed by atoms with Crippen molar-refractivity contribution >= 4 is 32.6 Å². The molecule has 1 aliphatic heterocycles. The van der Waals surface area contributed by atoms with Gasteiger partial charge in [0.25, 0.3) is 5.56 Å². The number of pyridine rings is 2. The fourth-order valence-electron chi connectivity index (χ4n) is 3.78. The van der Waals surface area contributed by atoms with Gasteiger partial charge in [-0.05, 0) is 18.2 Å². The Morgan fingerprint density at radius 1 is 1.14 bits per heavy atom. The van der Waals surface area contributed by atoms with Gasteiger partial charge in [-0.3, -0.25) is 9.78 Å². The molecule has 0 saturated heterocycles. The number of methoxy groups -OCH3 is 1. The number of hydrogen-bond donors (Lipinski definition) is 2. The lowest BCUT2D eigenvalue weighted by molar-refractivity contribution is 0.174. The second-order valence-corrected chi connectivity index (χ2v) is 6.56. The number of phenols is 1. The van der Waals surface area contributed by atoms with E-state index in [1.54, 1.807) is 22.9 Å². The molecule has 0 amide bonds. The van der Waals surface area contributed by atoms with E-state index in [-0.39, 0.29) is 30.4 Å². The van der Waals surface area contributed by atoms with E-state index in [4.69, 9.17) is 19.9 Å². The highest BCUT2D eigenvalue weighted by Crippen LogP contribution is 2.39. The summed E-state index contributed by atoms with van der Waals surface area (Å²) in [6.45, 7) is 0.765. The van der Waals surface area contributed by atoms with Crippen molar-refractivity contribution in [1.82, 2.24) is 9.55 Å². The van der Waals surface area contributed by atoms with E-state index in [0.717, 1.165) is 10.8 Å². The standard InChI is InChI=1S/C20H17N3O5/c1-26-16-5-10-11(4-15(16)24)20(25)23(3-2-21)19-12-6-17-18(28-9-27-17)7-14(12)22-8-13(10)19/h4-8,24H,2-3,9,21H2,1H3. The van der Waals surface area contributed by atoms with Crippen LogP contribution in [0.4, 0.5) is 0 Å². The van der Waals surface area contributed by atoms with Crippen LogP contribution in [0.15, 0.2) is 35.3 Å². The van der Waals surface area contributed by atoms with E-state index in [0.29, 0.717) is 39.8 Å². The molecule has 0 spiro atoms. The number of hydrogen-bond acceptors (Lipinski definition) is 7. The van der Waals surface area contributed by atoms with E-state index in [9.17, 15) is 9.90 Å². The van der Waals surface area contributed by atoms with Crippen molar-refractivity contribution < 1.29 is 19.3 Å². The number of fused-ring (bicyclic) bond motifs is 6. The first kappa shape index (κ1) is 16.6. The number of aromatic nitrogens is 2. The van der Waals surface area contributed by atoms with E-state index >= 15 is 0 Å². The van der Waals surface area contributed by atoms with Gasteiger partial charge >= 0.3 is 0 Å². The van der Waals surface area contributed by atoms with Crippen molar-refractivity contribution in [3.05, 3.63) is 40.8 Å². The average molecular weight is 379 g/mol. The minimum absolute atomic E-state index is 0.0946. The van der Waals surface area contributed by atoms with E-state index < -0.39 is 0 Å². The largest absolute Gasteiger partial charge is 0.504 e. The quantitative estimate of drug-likeness (QED) is 0.525. The third-order valence-electron chi connectivity index (χ3n) is 5.04. The van der Waals surface area contributed by atoms with Crippen LogP contribution in [-0.2, 0) is 6.54 Å². The minimum Gasteiger partial charge on any atom is -0.504 e. The smallest absolute Gasteiger partial charge is 0.259 e. The Balaban J connectivity index is 2.01. The van der Waals surface area contributed by atoms with Gasteiger partial charge in [0, 0.05) is 41.5 Å². The summed E-state index contributed by atoms with van der Waals surface area (Å²) in [4.78, 5) is 17.8. The number of aromatic hydroxyl groups is 1. The first-order valence-electron chi connectivity index (χ1n) is 8.78. The maximum absolute atomic E-state index is 13.2. The average Bonchev–Trinajstić information content (AvgIpc) is 3.16. The number of ether oxygens (including phenoxy) is 3. The third kappa shape index (κ3) is 2.21. The third-order valence-corrected chi connectivity index (χ3v) is 5.04. The van der Waals surface area contributed by atoms with Crippen molar-refractivity contribution in [2.75, 3.05) is 20.4 Å². The summed E-state index contributed by atoms with van der Waals surface area (Å²) in [7, 11) is 1.47. The van der Waals surface area contributed by atoms with Gasteiger partial charge < -0.3 is 29.6 Å². The number of rotatable bonds is 3. The fourth-order valence-corrected chi connectivity index (χ4v) is 3.78. The van der Waals surface area contributed by atoms with Crippen LogP contribution in [0.5, 0.6) is 23.0 Å². The number of nitrogens with zero attached hydrogens (tertiary/aromatic N) is 2. The van der Waals surface area contributed by atoms with Crippen LogP contribution in [-0.4, -0.2) is 35.1 Å². The molecule has 2 aromatic heterocycles. The van der Waals surface area contributed by atoms with Gasteiger partial charge in [0.05, 0.1) is 23.5 Å². The maximum atomic E-state index is 13.2. The first-order chi connectivity index (χ1) is 13.6. The van der Waals surface area contributed by atoms with Gasteiger partial charge in [0.15, 0.2) is 23.0 Å². The molecule has 28 heavy (non-hydrogen) atoms. The molecule has 8 heteroatoms. The van der Waals surface area contributed by atoms with Crippen molar-refractivity contribution in [2.24, 2.45) is 5.73 Å². The molecule has 0 unspecified atom stereocenters. The molecule has 5 rings (SSSR count). The van der Waals surface area contributed by atoms with E-state index in [1.807, 2.05) is 6.07 Å². The zero-order valence-electron chi connectivity index (χ0n) is 15.1. The van der Waals surface area contributed by atoms with Crippen LogP contribution in [0, 0.1) is 0 Å². The van der Waals surface area contributed by atoms with Crippen molar-refractivity contribution in [2.45, 2.75) is 6.54 Å². The summed E-state index contributed by atoms with van der Waals surface area (Å²) in [5, 5.41) is 12.7. The van der Waals surface area contributed by atoms with Crippen LogP contribution in [0.1, 0.15) is 0 Å². The van der Waals surface area contributed by atoms with Gasteiger partial charge in [-0.2, -0.15) is 0 Å². The van der Waals surface area contributed by atoms with E-state index in [1.165, 1.54) is 13.2 Å². The molecule has 3 N–H and O–H groups in total. The minimum atomic E-state index is -0.240. The molecule has 0 saturated carbocycles. The first-order valence-corrected chi connectivity index (χ1v) is 8.78. The molecular formula is C20H17N3O5. The van der Waals surface area contributed by atoms with Gasteiger partial charge in [0.1, 0.15) is 0 Å². The molecule has 0 aliphatic carbocycles. The van der Waals surface area contributed by atoms with Gasteiger partial charge in [-0.25, -0.2) is 0 Å². The highest BCUT2D eigenvalue weighted by Gasteiger charge is 2.20. The molecule has 0 atom stereocenters. The molecule has 0 fully saturated rings. The van der Waals surface area contributed by atoms with Gasteiger partial charge in [0.2, 0.25) is 6.79 Å². The molecule has 2 aromatic carbocycles.